The Balaban J connectivity index is 1.72. The second-order valence-corrected chi connectivity index (χ2v) is 6.23. The molecule has 0 aliphatic rings. The summed E-state index contributed by atoms with van der Waals surface area (Å²) in [5.74, 6) is 0.351. The Hall–Kier alpha value is -2.92. The summed E-state index contributed by atoms with van der Waals surface area (Å²) in [6.45, 7) is 8.80. The fourth-order valence-electron chi connectivity index (χ4n) is 2.70. The summed E-state index contributed by atoms with van der Waals surface area (Å²) in [7, 11) is 0. The highest BCUT2D eigenvalue weighted by atomic mass is 16.5. The number of benzene rings is 2. The Kier molecular flexibility index (Phi) is 8.95. The van der Waals surface area contributed by atoms with Crippen molar-refractivity contribution < 1.29 is 19.1 Å². The van der Waals surface area contributed by atoms with Gasteiger partial charge in [0.15, 0.2) is 5.78 Å². The first-order valence-corrected chi connectivity index (χ1v) is 9.48. The van der Waals surface area contributed by atoms with Crippen LogP contribution in [0, 0.1) is 0 Å². The van der Waals surface area contributed by atoms with E-state index in [0.29, 0.717) is 30.9 Å². The lowest BCUT2D eigenvalue weighted by Gasteiger charge is -2.20. The van der Waals surface area contributed by atoms with Crippen LogP contribution in [-0.2, 0) is 9.53 Å². The van der Waals surface area contributed by atoms with E-state index in [4.69, 9.17) is 9.47 Å². The minimum absolute atomic E-state index is 0.00268. The van der Waals surface area contributed by atoms with Gasteiger partial charge in [0.2, 0.25) is 0 Å². The van der Waals surface area contributed by atoms with Gasteiger partial charge in [0.05, 0.1) is 6.61 Å². The van der Waals surface area contributed by atoms with Crippen LogP contribution in [0.25, 0.3) is 0 Å². The Morgan fingerprint density at radius 2 is 1.64 bits per heavy atom. The van der Waals surface area contributed by atoms with Crippen LogP contribution in [0.3, 0.4) is 0 Å². The van der Waals surface area contributed by atoms with Crippen molar-refractivity contribution in [3.05, 3.63) is 78.4 Å². The third-order valence-corrected chi connectivity index (χ3v) is 4.31. The van der Waals surface area contributed by atoms with Gasteiger partial charge in [-0.3, -0.25) is 4.79 Å². The Morgan fingerprint density at radius 1 is 0.964 bits per heavy atom. The largest absolute Gasteiger partial charge is 0.494 e. The van der Waals surface area contributed by atoms with Gasteiger partial charge in [-0.1, -0.05) is 43.8 Å². The molecule has 148 valence electrons. The molecule has 0 N–H and O–H groups in total. The molecule has 28 heavy (non-hydrogen) atoms. The van der Waals surface area contributed by atoms with E-state index in [1.165, 1.54) is 6.08 Å². The predicted octanol–water partition coefficient (Wildman–Crippen LogP) is 3.74. The summed E-state index contributed by atoms with van der Waals surface area (Å²) < 4.78 is 10.8. The molecule has 0 bridgehead atoms. The lowest BCUT2D eigenvalue weighted by Crippen LogP contribution is -2.29. The van der Waals surface area contributed by atoms with Gasteiger partial charge in [-0.05, 0) is 37.2 Å². The van der Waals surface area contributed by atoms with Gasteiger partial charge in [-0.25, -0.2) is 4.79 Å². The molecule has 0 aliphatic carbocycles. The van der Waals surface area contributed by atoms with E-state index in [1.54, 1.807) is 12.1 Å². The maximum absolute atomic E-state index is 12.4. The Labute approximate surface area is 166 Å². The number of nitrogens with zero attached hydrogens (tertiary/aromatic N) is 1. The summed E-state index contributed by atoms with van der Waals surface area (Å²) >= 11 is 0. The van der Waals surface area contributed by atoms with Crippen LogP contribution in [0.15, 0.2) is 67.3 Å². The lowest BCUT2D eigenvalue weighted by molar-refractivity contribution is -0.138. The molecular weight excluding hydrogens is 354 g/mol. The highest BCUT2D eigenvalue weighted by Gasteiger charge is 2.08. The normalized spacial score (nSPS) is 10.5. The average molecular weight is 381 g/mol. The van der Waals surface area contributed by atoms with E-state index >= 15 is 0 Å². The molecule has 0 atom stereocenters. The van der Waals surface area contributed by atoms with Crippen molar-refractivity contribution in [3.8, 4) is 5.75 Å². The van der Waals surface area contributed by atoms with Crippen LogP contribution in [0.4, 0.5) is 0 Å². The summed E-state index contributed by atoms with van der Waals surface area (Å²) in [6.07, 6.45) is 2.02. The number of carbonyl (C=O) groups excluding carboxylic acids is 2. The number of hydrogen-bond acceptors (Lipinski definition) is 5. The fraction of sp³-hybridized carbons (Fsp3) is 0.304. The van der Waals surface area contributed by atoms with Gasteiger partial charge < -0.3 is 14.4 Å². The molecule has 5 heteroatoms. The van der Waals surface area contributed by atoms with Crippen LogP contribution < -0.4 is 4.74 Å². The molecule has 2 aromatic carbocycles. The van der Waals surface area contributed by atoms with Crippen LogP contribution in [-0.4, -0.2) is 49.5 Å². The molecule has 2 aromatic rings. The van der Waals surface area contributed by atoms with E-state index in [1.807, 2.05) is 42.5 Å². The molecule has 0 fully saturated rings. The van der Waals surface area contributed by atoms with E-state index in [2.05, 4.69) is 18.4 Å². The zero-order valence-electron chi connectivity index (χ0n) is 16.3. The number of likely N-dealkylation sites (N-methyl/N-ethyl adjacent to an activating group) is 1. The number of carbonyl (C=O) groups is 2. The summed E-state index contributed by atoms with van der Waals surface area (Å²) in [5, 5.41) is 0. The van der Waals surface area contributed by atoms with Crippen LogP contribution in [0.2, 0.25) is 0 Å². The van der Waals surface area contributed by atoms with Crippen LogP contribution >= 0.6 is 0 Å². The molecule has 0 spiro atoms. The zero-order valence-corrected chi connectivity index (χ0v) is 16.3. The lowest BCUT2D eigenvalue weighted by atomic mass is 10.0. The van der Waals surface area contributed by atoms with Crippen LogP contribution in [0.1, 0.15) is 29.3 Å². The van der Waals surface area contributed by atoms with Gasteiger partial charge >= 0.3 is 5.97 Å². The van der Waals surface area contributed by atoms with Crippen molar-refractivity contribution in [2.45, 2.75) is 13.3 Å². The van der Waals surface area contributed by atoms with E-state index in [-0.39, 0.29) is 5.78 Å². The summed E-state index contributed by atoms with van der Waals surface area (Å²) in [6, 6.07) is 16.4. The van der Waals surface area contributed by atoms with Gasteiger partial charge in [-0.15, -0.1) is 0 Å². The molecular formula is C23H27NO4. The minimum Gasteiger partial charge on any atom is -0.494 e. The fourth-order valence-corrected chi connectivity index (χ4v) is 2.70. The van der Waals surface area contributed by atoms with E-state index < -0.39 is 5.97 Å². The maximum atomic E-state index is 12.4. The molecule has 0 saturated carbocycles. The van der Waals surface area contributed by atoms with Crippen molar-refractivity contribution in [2.24, 2.45) is 0 Å². The quantitative estimate of drug-likeness (QED) is 0.243. The maximum Gasteiger partial charge on any atom is 0.330 e. The number of rotatable bonds is 12. The van der Waals surface area contributed by atoms with Gasteiger partial charge in [-0.2, -0.15) is 0 Å². The number of hydrogen-bond donors (Lipinski definition) is 0. The highest BCUT2D eigenvalue weighted by Crippen LogP contribution is 2.15. The molecule has 0 aromatic heterocycles. The third-order valence-electron chi connectivity index (χ3n) is 4.31. The van der Waals surface area contributed by atoms with Gasteiger partial charge in [0, 0.05) is 30.3 Å². The summed E-state index contributed by atoms with van der Waals surface area (Å²) in [4.78, 5) is 25.6. The van der Waals surface area contributed by atoms with Crippen LogP contribution in [0.5, 0.6) is 5.75 Å². The van der Waals surface area contributed by atoms with Crippen molar-refractivity contribution in [1.82, 2.24) is 4.90 Å². The molecule has 0 aliphatic heterocycles. The third kappa shape index (κ3) is 7.00. The summed E-state index contributed by atoms with van der Waals surface area (Å²) in [5.41, 5.74) is 1.32. The molecule has 0 heterocycles. The standard InChI is InChI=1S/C23H27NO4/c1-3-22(25)28-18-16-24(4-2)15-8-17-27-21-13-11-20(12-14-21)23(26)19-9-6-5-7-10-19/h3,5-7,9-14H,1,4,8,15-18H2,2H3. The Bertz CT molecular complexity index is 756. The van der Waals surface area contributed by atoms with Gasteiger partial charge in [0.25, 0.3) is 0 Å². The monoisotopic (exact) mass is 381 g/mol. The predicted molar refractivity (Wildman–Crippen MR) is 110 cm³/mol. The second kappa shape index (κ2) is 11.7. The first-order chi connectivity index (χ1) is 13.6. The first kappa shape index (κ1) is 21.4. The minimum atomic E-state index is -0.395. The first-order valence-electron chi connectivity index (χ1n) is 9.48. The molecule has 5 nitrogen and oxygen atoms in total. The number of ether oxygens (including phenoxy) is 2. The van der Waals surface area contributed by atoms with E-state index in [0.717, 1.165) is 25.3 Å². The Morgan fingerprint density at radius 3 is 2.29 bits per heavy atom. The molecule has 0 saturated heterocycles. The highest BCUT2D eigenvalue weighted by molar-refractivity contribution is 6.08. The average Bonchev–Trinajstić information content (AvgIpc) is 2.75. The smallest absolute Gasteiger partial charge is 0.330 e. The number of ketones is 1. The van der Waals surface area contributed by atoms with E-state index in [9.17, 15) is 9.59 Å². The zero-order chi connectivity index (χ0) is 20.2. The van der Waals surface area contributed by atoms with Crippen molar-refractivity contribution in [3.63, 3.8) is 0 Å². The van der Waals surface area contributed by atoms with Gasteiger partial charge in [0.1, 0.15) is 12.4 Å². The molecule has 0 unspecified atom stereocenters. The van der Waals surface area contributed by atoms with Crippen molar-refractivity contribution in [1.29, 1.82) is 0 Å². The molecule has 2 rings (SSSR count). The topological polar surface area (TPSA) is 55.8 Å². The SMILES string of the molecule is C=CC(=O)OCCN(CC)CCCOc1ccc(C(=O)c2ccccc2)cc1. The second-order valence-electron chi connectivity index (χ2n) is 6.23. The molecule has 0 amide bonds. The molecule has 0 radical (unpaired) electrons. The van der Waals surface area contributed by atoms with Crippen molar-refractivity contribution in [2.75, 3.05) is 32.8 Å². The number of esters is 1. The van der Waals surface area contributed by atoms with Crippen molar-refractivity contribution >= 4 is 11.8 Å².